The van der Waals surface area contributed by atoms with Crippen molar-refractivity contribution in [2.24, 2.45) is 10.9 Å². The summed E-state index contributed by atoms with van der Waals surface area (Å²) < 4.78 is 22.9. The van der Waals surface area contributed by atoms with Gasteiger partial charge in [-0.05, 0) is 36.6 Å². The molecule has 5 rings (SSSR count). The fourth-order valence-corrected chi connectivity index (χ4v) is 4.81. The Kier molecular flexibility index (Phi) is 6.78. The average Bonchev–Trinajstić information content (AvgIpc) is 3.71. The maximum absolute atomic E-state index is 15.5. The molecule has 11 heteroatoms. The van der Waals surface area contributed by atoms with Gasteiger partial charge in [0.1, 0.15) is 17.9 Å². The number of benzene rings is 2. The van der Waals surface area contributed by atoms with Gasteiger partial charge in [-0.3, -0.25) is 4.79 Å². The zero-order valence-electron chi connectivity index (χ0n) is 20.1. The number of anilines is 1. The summed E-state index contributed by atoms with van der Waals surface area (Å²) in [6.45, 7) is 0.917. The number of rotatable bonds is 7. The van der Waals surface area contributed by atoms with Crippen molar-refractivity contribution in [3.63, 3.8) is 0 Å². The van der Waals surface area contributed by atoms with Crippen LogP contribution < -0.4 is 20.8 Å². The molecule has 2 aromatic carbocycles. The van der Waals surface area contributed by atoms with Crippen LogP contribution in [0, 0.1) is 5.82 Å². The van der Waals surface area contributed by atoms with Crippen molar-refractivity contribution in [1.82, 2.24) is 4.57 Å². The number of hydrogen-bond acceptors (Lipinski definition) is 7. The van der Waals surface area contributed by atoms with Gasteiger partial charge in [0.05, 0.1) is 29.8 Å². The number of hydrogen-bond donors (Lipinski definition) is 2. The van der Waals surface area contributed by atoms with Gasteiger partial charge in [0.2, 0.25) is 5.43 Å². The van der Waals surface area contributed by atoms with Gasteiger partial charge >= 0.3 is 5.97 Å². The lowest BCUT2D eigenvalue weighted by atomic mass is 10.0. The summed E-state index contributed by atoms with van der Waals surface area (Å²) in [4.78, 5) is 31.8. The van der Waals surface area contributed by atoms with E-state index in [1.54, 1.807) is 21.6 Å². The number of nitrogens with zero attached hydrogens (tertiary/aromatic N) is 3. The Morgan fingerprint density at radius 3 is 2.65 bits per heavy atom. The SMILES string of the molecule is COc1c(N2CC/C(=N/OCc3ccc(Cl)cc3)C(N)C2)c(F)cc2c(=O)c(C(=O)O)cn(C3CC3)c12. The normalized spacial score (nSPS) is 18.9. The minimum absolute atomic E-state index is 0.0218. The summed E-state index contributed by atoms with van der Waals surface area (Å²) in [5.41, 5.74) is 7.37. The van der Waals surface area contributed by atoms with E-state index < -0.39 is 28.8 Å². The number of aromatic carboxylic acids is 1. The first-order valence-electron chi connectivity index (χ1n) is 11.9. The Labute approximate surface area is 216 Å². The predicted molar refractivity (Wildman–Crippen MR) is 138 cm³/mol. The van der Waals surface area contributed by atoms with Crippen molar-refractivity contribution >= 4 is 39.9 Å². The van der Waals surface area contributed by atoms with Crippen molar-refractivity contribution in [2.45, 2.75) is 38.0 Å². The molecule has 2 fully saturated rings. The van der Waals surface area contributed by atoms with Crippen molar-refractivity contribution < 1.29 is 23.9 Å². The number of piperidine rings is 1. The van der Waals surface area contributed by atoms with Crippen LogP contribution in [0.1, 0.15) is 41.2 Å². The minimum atomic E-state index is -1.35. The second kappa shape index (κ2) is 10.0. The highest BCUT2D eigenvalue weighted by atomic mass is 35.5. The molecule has 0 amide bonds. The fourth-order valence-electron chi connectivity index (χ4n) is 4.68. The third-order valence-electron chi connectivity index (χ3n) is 6.70. The van der Waals surface area contributed by atoms with Crippen LogP contribution in [0.3, 0.4) is 0 Å². The molecular formula is C26H26ClFN4O5. The number of carbonyl (C=O) groups is 1. The molecule has 1 aliphatic carbocycles. The van der Waals surface area contributed by atoms with Crippen LogP contribution >= 0.6 is 11.6 Å². The van der Waals surface area contributed by atoms with Gasteiger partial charge in [-0.1, -0.05) is 28.9 Å². The summed E-state index contributed by atoms with van der Waals surface area (Å²) in [5.74, 6) is -1.85. The predicted octanol–water partition coefficient (Wildman–Crippen LogP) is 3.95. The van der Waals surface area contributed by atoms with E-state index in [1.165, 1.54) is 13.3 Å². The zero-order valence-corrected chi connectivity index (χ0v) is 20.9. The Bertz CT molecular complexity index is 1450. The highest BCUT2D eigenvalue weighted by molar-refractivity contribution is 6.30. The molecule has 2 aliphatic rings. The van der Waals surface area contributed by atoms with Crippen LogP contribution in [0.2, 0.25) is 5.02 Å². The van der Waals surface area contributed by atoms with Gasteiger partial charge in [-0.25, -0.2) is 9.18 Å². The maximum atomic E-state index is 15.5. The lowest BCUT2D eigenvalue weighted by Gasteiger charge is -2.34. The number of pyridine rings is 1. The quantitative estimate of drug-likeness (QED) is 0.446. The van der Waals surface area contributed by atoms with E-state index in [0.717, 1.165) is 24.5 Å². The number of nitrogens with two attached hydrogens (primary N) is 1. The van der Waals surface area contributed by atoms with Gasteiger partial charge in [-0.15, -0.1) is 0 Å². The molecule has 1 aliphatic heterocycles. The summed E-state index contributed by atoms with van der Waals surface area (Å²) in [7, 11) is 1.41. The zero-order chi connectivity index (χ0) is 26.3. The Hall–Kier alpha value is -3.63. The Morgan fingerprint density at radius 2 is 2.03 bits per heavy atom. The third-order valence-corrected chi connectivity index (χ3v) is 6.95. The van der Waals surface area contributed by atoms with Crippen LogP contribution in [-0.4, -0.2) is 47.6 Å². The molecule has 194 valence electrons. The van der Waals surface area contributed by atoms with Crippen molar-refractivity contribution in [2.75, 3.05) is 25.1 Å². The molecule has 0 bridgehead atoms. The Balaban J connectivity index is 1.45. The van der Waals surface area contributed by atoms with Crippen LogP contribution in [0.5, 0.6) is 5.75 Å². The van der Waals surface area contributed by atoms with E-state index in [2.05, 4.69) is 5.16 Å². The van der Waals surface area contributed by atoms with Crippen molar-refractivity contribution in [3.8, 4) is 5.75 Å². The molecular weight excluding hydrogens is 503 g/mol. The number of ether oxygens (including phenoxy) is 1. The van der Waals surface area contributed by atoms with E-state index in [1.807, 2.05) is 12.1 Å². The van der Waals surface area contributed by atoms with E-state index in [-0.39, 0.29) is 36.0 Å². The summed E-state index contributed by atoms with van der Waals surface area (Å²) in [6.07, 6.45) is 3.43. The lowest BCUT2D eigenvalue weighted by Crippen LogP contribution is -2.49. The third kappa shape index (κ3) is 4.86. The maximum Gasteiger partial charge on any atom is 0.341 e. The number of aromatic nitrogens is 1. The first kappa shape index (κ1) is 25.0. The van der Waals surface area contributed by atoms with Gasteiger partial charge in [0, 0.05) is 36.8 Å². The molecule has 37 heavy (non-hydrogen) atoms. The molecule has 0 spiro atoms. The van der Waals surface area contributed by atoms with Crippen LogP contribution in [0.25, 0.3) is 10.9 Å². The summed E-state index contributed by atoms with van der Waals surface area (Å²) in [6, 6.07) is 7.85. The molecule has 3 aromatic rings. The highest BCUT2D eigenvalue weighted by Gasteiger charge is 2.33. The molecule has 1 atom stereocenters. The average molecular weight is 529 g/mol. The second-order valence-electron chi connectivity index (χ2n) is 9.24. The summed E-state index contributed by atoms with van der Waals surface area (Å²) in [5, 5.41) is 14.3. The van der Waals surface area contributed by atoms with Crippen LogP contribution in [-0.2, 0) is 11.4 Å². The van der Waals surface area contributed by atoms with E-state index in [4.69, 9.17) is 26.9 Å². The van der Waals surface area contributed by atoms with E-state index in [9.17, 15) is 14.7 Å². The van der Waals surface area contributed by atoms with Crippen molar-refractivity contribution in [3.05, 3.63) is 68.7 Å². The molecule has 1 unspecified atom stereocenters. The van der Waals surface area contributed by atoms with Gasteiger partial charge in [0.15, 0.2) is 11.6 Å². The largest absolute Gasteiger partial charge is 0.492 e. The molecule has 1 saturated heterocycles. The molecule has 3 N–H and O–H groups in total. The number of carboxylic acid groups (broad SMARTS) is 1. The van der Waals surface area contributed by atoms with Gasteiger partial charge in [0.25, 0.3) is 0 Å². The number of carboxylic acids is 1. The number of oxime groups is 1. The van der Waals surface area contributed by atoms with E-state index >= 15 is 4.39 Å². The molecule has 1 saturated carbocycles. The second-order valence-corrected chi connectivity index (χ2v) is 9.67. The summed E-state index contributed by atoms with van der Waals surface area (Å²) >= 11 is 5.90. The number of halogens is 2. The Morgan fingerprint density at radius 1 is 1.30 bits per heavy atom. The first-order valence-corrected chi connectivity index (χ1v) is 12.3. The molecule has 1 aromatic heterocycles. The smallest absolute Gasteiger partial charge is 0.341 e. The molecule has 0 radical (unpaired) electrons. The van der Waals surface area contributed by atoms with Gasteiger partial charge in [-0.2, -0.15) is 0 Å². The lowest BCUT2D eigenvalue weighted by molar-refractivity contribution is 0.0694. The van der Waals surface area contributed by atoms with Crippen LogP contribution in [0.4, 0.5) is 10.1 Å². The highest BCUT2D eigenvalue weighted by Crippen LogP contribution is 2.44. The van der Waals surface area contributed by atoms with E-state index in [0.29, 0.717) is 29.2 Å². The topological polar surface area (TPSA) is 119 Å². The molecule has 2 heterocycles. The monoisotopic (exact) mass is 528 g/mol. The van der Waals surface area contributed by atoms with Crippen molar-refractivity contribution in [1.29, 1.82) is 0 Å². The van der Waals surface area contributed by atoms with Crippen LogP contribution in [0.15, 0.2) is 46.5 Å². The number of methoxy groups -OCH3 is 1. The van der Waals surface area contributed by atoms with Gasteiger partial charge < -0.3 is 29.9 Å². The first-order chi connectivity index (χ1) is 17.8. The standard InChI is InChI=1S/C26H26ClFN4O5/c1-36-25-22-17(24(33)18(26(34)35)11-32(22)16-6-7-16)10-19(28)23(25)31-9-8-21(20(29)12-31)30-37-13-14-2-4-15(27)5-3-14/h2-5,10-11,16,20H,6-9,12-13,29H2,1H3,(H,34,35)/b30-21-. The fraction of sp³-hybridized carbons (Fsp3) is 0.346. The molecule has 9 nitrogen and oxygen atoms in total. The number of fused-ring (bicyclic) bond motifs is 1. The minimum Gasteiger partial charge on any atom is -0.492 e.